The molecule has 0 aliphatic carbocycles. The second-order valence-electron chi connectivity index (χ2n) is 7.75. The highest BCUT2D eigenvalue weighted by Crippen LogP contribution is 2.37. The fourth-order valence-corrected chi connectivity index (χ4v) is 4.80. The summed E-state index contributed by atoms with van der Waals surface area (Å²) in [5, 5.41) is 11.8. The Kier molecular flexibility index (Phi) is 5.99. The summed E-state index contributed by atoms with van der Waals surface area (Å²) in [7, 11) is 0. The third-order valence-corrected chi connectivity index (χ3v) is 6.53. The highest BCUT2D eigenvalue weighted by atomic mass is 32.2. The first kappa shape index (κ1) is 21.1. The maximum atomic E-state index is 13.3. The van der Waals surface area contributed by atoms with Gasteiger partial charge in [-0.3, -0.25) is 4.79 Å². The van der Waals surface area contributed by atoms with Gasteiger partial charge in [0.1, 0.15) is 17.6 Å². The molecule has 0 radical (unpaired) electrons. The Morgan fingerprint density at radius 1 is 1.03 bits per heavy atom. The molecule has 2 atom stereocenters. The molecule has 8 heteroatoms. The molecule has 7 nitrogen and oxygen atoms in total. The van der Waals surface area contributed by atoms with Crippen molar-refractivity contribution in [1.29, 1.82) is 0 Å². The minimum atomic E-state index is -0.437. The molecule has 4 aromatic rings. The Morgan fingerprint density at radius 3 is 2.55 bits per heavy atom. The number of hydrogen-bond acceptors (Lipinski definition) is 6. The molecule has 166 valence electrons. The van der Waals surface area contributed by atoms with E-state index in [-0.39, 0.29) is 18.6 Å². The van der Waals surface area contributed by atoms with Crippen LogP contribution in [0.4, 0.5) is 5.69 Å². The number of carbonyl (C=O) groups excluding carboxylic acids is 1. The summed E-state index contributed by atoms with van der Waals surface area (Å²) < 4.78 is 7.69. The van der Waals surface area contributed by atoms with Crippen molar-refractivity contribution < 1.29 is 9.53 Å². The van der Waals surface area contributed by atoms with Gasteiger partial charge in [-0.2, -0.15) is 0 Å². The molecule has 1 aliphatic heterocycles. The summed E-state index contributed by atoms with van der Waals surface area (Å²) in [6.45, 7) is 2.26. The van der Waals surface area contributed by atoms with Gasteiger partial charge in [0.05, 0.1) is 6.04 Å². The molecule has 0 spiro atoms. The molecule has 0 bridgehead atoms. The van der Waals surface area contributed by atoms with E-state index in [0.29, 0.717) is 11.0 Å². The molecule has 2 N–H and O–H groups in total. The number of nitrogens with one attached hydrogen (secondary N) is 2. The standard InChI is InChI=1S/C25H23N5O2S/c1-17-9-8-12-19(15-17)26-24(31)23-22(18-10-4-2-5-11-18)29-30-21(27-28-25(30)33-23)16-32-20-13-6-3-7-14-20/h2-15,22-23,29H,16H2,1H3,(H,26,31)/t22-,23+/m0/s1. The van der Waals surface area contributed by atoms with Crippen molar-refractivity contribution in [3.05, 3.63) is 102 Å². The zero-order valence-electron chi connectivity index (χ0n) is 18.0. The van der Waals surface area contributed by atoms with E-state index in [4.69, 9.17) is 4.74 Å². The predicted molar refractivity (Wildman–Crippen MR) is 129 cm³/mol. The number of fused-ring (bicyclic) bond motifs is 1. The number of benzene rings is 3. The Balaban J connectivity index is 1.41. The van der Waals surface area contributed by atoms with Crippen LogP contribution in [0.15, 0.2) is 90.1 Å². The van der Waals surface area contributed by atoms with Crippen molar-refractivity contribution in [1.82, 2.24) is 14.9 Å². The van der Waals surface area contributed by atoms with Crippen LogP contribution in [0, 0.1) is 6.92 Å². The van der Waals surface area contributed by atoms with E-state index in [0.717, 1.165) is 22.6 Å². The van der Waals surface area contributed by atoms with E-state index in [1.165, 1.54) is 11.8 Å². The average Bonchev–Trinajstić information content (AvgIpc) is 3.25. The molecule has 0 unspecified atom stereocenters. The van der Waals surface area contributed by atoms with Crippen LogP contribution in [-0.2, 0) is 11.4 Å². The lowest BCUT2D eigenvalue weighted by molar-refractivity contribution is -0.116. The summed E-state index contributed by atoms with van der Waals surface area (Å²) in [4.78, 5) is 13.3. The Bertz CT molecular complexity index is 1250. The first-order valence-corrected chi connectivity index (χ1v) is 11.5. The predicted octanol–water partition coefficient (Wildman–Crippen LogP) is 4.56. The maximum Gasteiger partial charge on any atom is 0.240 e. The van der Waals surface area contributed by atoms with Gasteiger partial charge in [0.2, 0.25) is 11.1 Å². The monoisotopic (exact) mass is 457 g/mol. The van der Waals surface area contributed by atoms with Gasteiger partial charge in [-0.15, -0.1) is 10.2 Å². The van der Waals surface area contributed by atoms with Crippen LogP contribution < -0.4 is 15.5 Å². The van der Waals surface area contributed by atoms with Crippen molar-refractivity contribution in [3.63, 3.8) is 0 Å². The third kappa shape index (κ3) is 4.70. The molecule has 0 fully saturated rings. The lowest BCUT2D eigenvalue weighted by atomic mass is 10.0. The Hall–Kier alpha value is -3.78. The molecular formula is C25H23N5O2S. The lowest BCUT2D eigenvalue weighted by Gasteiger charge is -2.33. The molecule has 5 rings (SSSR count). The van der Waals surface area contributed by atoms with Crippen LogP contribution in [-0.4, -0.2) is 26.0 Å². The second kappa shape index (κ2) is 9.38. The number of ether oxygens (including phenoxy) is 1. The van der Waals surface area contributed by atoms with E-state index >= 15 is 0 Å². The minimum absolute atomic E-state index is 0.0942. The number of rotatable bonds is 6. The van der Waals surface area contributed by atoms with Crippen LogP contribution in [0.5, 0.6) is 5.75 Å². The summed E-state index contributed by atoms with van der Waals surface area (Å²) >= 11 is 1.39. The number of hydrogen-bond donors (Lipinski definition) is 2. The molecule has 1 aromatic heterocycles. The highest BCUT2D eigenvalue weighted by molar-refractivity contribution is 8.00. The zero-order valence-corrected chi connectivity index (χ0v) is 18.8. The van der Waals surface area contributed by atoms with Crippen molar-refractivity contribution in [2.75, 3.05) is 10.7 Å². The van der Waals surface area contributed by atoms with Crippen LogP contribution in [0.25, 0.3) is 0 Å². The quantitative estimate of drug-likeness (QED) is 0.442. The van der Waals surface area contributed by atoms with Gasteiger partial charge in [-0.05, 0) is 42.3 Å². The van der Waals surface area contributed by atoms with Gasteiger partial charge < -0.3 is 15.5 Å². The summed E-state index contributed by atoms with van der Waals surface area (Å²) in [6, 6.07) is 27.0. The highest BCUT2D eigenvalue weighted by Gasteiger charge is 2.37. The first-order valence-electron chi connectivity index (χ1n) is 10.7. The van der Waals surface area contributed by atoms with Crippen molar-refractivity contribution in [2.45, 2.75) is 30.0 Å². The van der Waals surface area contributed by atoms with Gasteiger partial charge in [-0.1, -0.05) is 72.4 Å². The molecule has 2 heterocycles. The largest absolute Gasteiger partial charge is 0.486 e. The number of anilines is 1. The van der Waals surface area contributed by atoms with Crippen molar-refractivity contribution in [3.8, 4) is 5.75 Å². The second-order valence-corrected chi connectivity index (χ2v) is 8.86. The first-order chi connectivity index (χ1) is 16.2. The van der Waals surface area contributed by atoms with E-state index < -0.39 is 5.25 Å². The fourth-order valence-electron chi connectivity index (χ4n) is 3.70. The number of carbonyl (C=O) groups is 1. The molecule has 0 saturated heterocycles. The van der Waals surface area contributed by atoms with Gasteiger partial charge in [0.25, 0.3) is 0 Å². The van der Waals surface area contributed by atoms with Gasteiger partial charge in [-0.25, -0.2) is 4.68 Å². The number of aryl methyl sites for hydroxylation is 1. The Labute approximate surface area is 196 Å². The number of amides is 1. The van der Waals surface area contributed by atoms with Gasteiger partial charge in [0.15, 0.2) is 5.82 Å². The van der Waals surface area contributed by atoms with Crippen LogP contribution in [0.2, 0.25) is 0 Å². The topological polar surface area (TPSA) is 81.1 Å². The summed E-state index contributed by atoms with van der Waals surface area (Å²) in [5.41, 5.74) is 6.32. The van der Waals surface area contributed by atoms with E-state index in [2.05, 4.69) is 20.9 Å². The van der Waals surface area contributed by atoms with E-state index in [9.17, 15) is 4.79 Å². The van der Waals surface area contributed by atoms with E-state index in [1.54, 1.807) is 0 Å². The molecule has 3 aromatic carbocycles. The van der Waals surface area contributed by atoms with Gasteiger partial charge >= 0.3 is 0 Å². The molecule has 1 amide bonds. The molecular weight excluding hydrogens is 434 g/mol. The summed E-state index contributed by atoms with van der Waals surface area (Å²) in [5.74, 6) is 1.30. The lowest BCUT2D eigenvalue weighted by Crippen LogP contribution is -2.41. The molecule has 33 heavy (non-hydrogen) atoms. The van der Waals surface area contributed by atoms with Crippen molar-refractivity contribution >= 4 is 23.4 Å². The number of nitrogens with zero attached hydrogens (tertiary/aromatic N) is 3. The van der Waals surface area contributed by atoms with Crippen LogP contribution in [0.1, 0.15) is 23.0 Å². The van der Waals surface area contributed by atoms with Crippen molar-refractivity contribution in [2.24, 2.45) is 0 Å². The fraction of sp³-hybridized carbons (Fsp3) is 0.160. The zero-order chi connectivity index (χ0) is 22.6. The maximum absolute atomic E-state index is 13.3. The van der Waals surface area contributed by atoms with E-state index in [1.807, 2.05) is 96.5 Å². The molecule has 0 saturated carbocycles. The average molecular weight is 458 g/mol. The normalized spacial score (nSPS) is 17.0. The van der Waals surface area contributed by atoms with Gasteiger partial charge in [0, 0.05) is 5.69 Å². The number of thioether (sulfide) groups is 1. The summed E-state index contributed by atoms with van der Waals surface area (Å²) in [6.07, 6.45) is 0. The molecule has 1 aliphatic rings. The SMILES string of the molecule is Cc1cccc(NC(=O)[C@@H]2Sc3nnc(COc4ccccc4)n3N[C@H]2c2ccccc2)c1. The third-order valence-electron chi connectivity index (χ3n) is 5.32. The number of para-hydroxylation sites is 1. The smallest absolute Gasteiger partial charge is 0.240 e. The minimum Gasteiger partial charge on any atom is -0.486 e. The number of aromatic nitrogens is 3. The van der Waals surface area contributed by atoms with Crippen LogP contribution in [0.3, 0.4) is 0 Å². The Morgan fingerprint density at radius 2 is 1.79 bits per heavy atom. The van der Waals surface area contributed by atoms with Crippen LogP contribution >= 0.6 is 11.8 Å².